The molecule has 4 aliphatic rings. The average Bonchev–Trinajstić information content (AvgIpc) is 3.01. The van der Waals surface area contributed by atoms with E-state index >= 15 is 0 Å². The standard InChI is InChI=1S/C24H40O5/c1-13(4-7-21(28)29)16-5-6-17-22-18(12-20(27)24(16,17)3)23(2)9-8-15(25)10-14(23)11-19(22)26/h13-20,22,25-27H,4-12H2,1-3H3,(H,28,29)/p-1/t13-,14+,15+,16-,17+,18+,19-,20+,22+,23+,24-/m1/s1. The predicted molar refractivity (Wildman–Crippen MR) is 107 cm³/mol. The fraction of sp³-hybridized carbons (Fsp3) is 0.958. The summed E-state index contributed by atoms with van der Waals surface area (Å²) in [4.78, 5) is 11.0. The minimum absolute atomic E-state index is 0.0747. The molecule has 0 saturated heterocycles. The Labute approximate surface area is 174 Å². The summed E-state index contributed by atoms with van der Waals surface area (Å²) >= 11 is 0. The van der Waals surface area contributed by atoms with Crippen molar-refractivity contribution in [3.05, 3.63) is 0 Å². The molecule has 0 heterocycles. The highest BCUT2D eigenvalue weighted by Crippen LogP contribution is 2.68. The summed E-state index contributed by atoms with van der Waals surface area (Å²) in [5.41, 5.74) is -0.172. The Bertz CT molecular complexity index is 637. The van der Waals surface area contributed by atoms with Gasteiger partial charge < -0.3 is 25.2 Å². The largest absolute Gasteiger partial charge is 0.550 e. The first-order chi connectivity index (χ1) is 13.6. The molecule has 0 aliphatic heterocycles. The van der Waals surface area contributed by atoms with Gasteiger partial charge in [-0.25, -0.2) is 0 Å². The number of carboxylic acid groups (broad SMARTS) is 1. The molecule has 5 heteroatoms. The van der Waals surface area contributed by atoms with Gasteiger partial charge in [0.1, 0.15) is 0 Å². The number of rotatable bonds is 4. The van der Waals surface area contributed by atoms with Gasteiger partial charge in [-0.1, -0.05) is 20.8 Å². The molecule has 0 aromatic carbocycles. The van der Waals surface area contributed by atoms with Crippen molar-refractivity contribution in [2.45, 2.75) is 96.9 Å². The number of hydrogen-bond donors (Lipinski definition) is 3. The molecule has 4 saturated carbocycles. The molecule has 166 valence electrons. The fourth-order valence-electron chi connectivity index (χ4n) is 8.68. The van der Waals surface area contributed by atoms with E-state index in [1.807, 2.05) is 0 Å². The number of aliphatic hydroxyl groups excluding tert-OH is 3. The van der Waals surface area contributed by atoms with E-state index < -0.39 is 12.1 Å². The normalized spacial score (nSPS) is 52.9. The Balaban J connectivity index is 1.61. The third-order valence-corrected chi connectivity index (χ3v) is 10.3. The summed E-state index contributed by atoms with van der Waals surface area (Å²) in [6.45, 7) is 6.67. The topological polar surface area (TPSA) is 101 Å². The number of fused-ring (bicyclic) bond motifs is 5. The molecule has 0 spiro atoms. The summed E-state index contributed by atoms with van der Waals surface area (Å²) < 4.78 is 0. The van der Waals surface area contributed by atoms with Gasteiger partial charge in [0.2, 0.25) is 0 Å². The van der Waals surface area contributed by atoms with Gasteiger partial charge in [0, 0.05) is 5.97 Å². The number of carbonyl (C=O) groups is 1. The first-order valence-electron chi connectivity index (χ1n) is 11.8. The van der Waals surface area contributed by atoms with E-state index in [1.165, 1.54) is 0 Å². The SMILES string of the molecule is C[C@H](CCC(=O)[O-])[C@H]1CC[C@H]2[C@@H]3[C@H](O)C[C@@H]4C[C@@H](O)CC[C@]4(C)[C@H]3C[C@H](O)[C@]12C. The lowest BCUT2D eigenvalue weighted by atomic mass is 9.43. The molecule has 0 bridgehead atoms. The zero-order chi connectivity index (χ0) is 21.1. The Kier molecular flexibility index (Phi) is 5.57. The van der Waals surface area contributed by atoms with Gasteiger partial charge in [0.15, 0.2) is 0 Å². The highest BCUT2D eigenvalue weighted by atomic mass is 16.4. The van der Waals surface area contributed by atoms with Crippen LogP contribution >= 0.6 is 0 Å². The van der Waals surface area contributed by atoms with Gasteiger partial charge in [0.05, 0.1) is 18.3 Å². The van der Waals surface area contributed by atoms with Gasteiger partial charge in [-0.15, -0.1) is 0 Å². The maximum absolute atomic E-state index is 11.5. The molecular formula is C24H39O5-. The number of carbonyl (C=O) groups excluding carboxylic acids is 1. The highest BCUT2D eigenvalue weighted by molar-refractivity contribution is 5.64. The first-order valence-corrected chi connectivity index (χ1v) is 11.8. The van der Waals surface area contributed by atoms with Gasteiger partial charge in [0.25, 0.3) is 0 Å². The van der Waals surface area contributed by atoms with E-state index in [2.05, 4.69) is 20.8 Å². The number of aliphatic carboxylic acids is 1. The number of hydrogen-bond acceptors (Lipinski definition) is 5. The molecule has 0 radical (unpaired) electrons. The van der Waals surface area contributed by atoms with Crippen LogP contribution in [-0.2, 0) is 4.79 Å². The molecule has 4 aliphatic carbocycles. The molecule has 0 aromatic heterocycles. The lowest BCUT2D eigenvalue weighted by Gasteiger charge is -2.63. The first kappa shape index (κ1) is 21.6. The van der Waals surface area contributed by atoms with Crippen molar-refractivity contribution in [3.63, 3.8) is 0 Å². The maximum atomic E-state index is 11.5. The van der Waals surface area contributed by atoms with Gasteiger partial charge in [-0.05, 0) is 104 Å². The molecule has 4 fully saturated rings. The zero-order valence-corrected chi connectivity index (χ0v) is 18.2. The number of aliphatic hydroxyl groups is 3. The lowest BCUT2D eigenvalue weighted by molar-refractivity contribution is -0.306. The summed E-state index contributed by atoms with van der Waals surface area (Å²) in [5, 5.41) is 43.9. The molecule has 5 nitrogen and oxygen atoms in total. The van der Waals surface area contributed by atoms with Crippen molar-refractivity contribution in [1.82, 2.24) is 0 Å². The van der Waals surface area contributed by atoms with Crippen molar-refractivity contribution in [2.75, 3.05) is 0 Å². The molecule has 0 unspecified atom stereocenters. The van der Waals surface area contributed by atoms with Crippen LogP contribution in [0.15, 0.2) is 0 Å². The van der Waals surface area contributed by atoms with Gasteiger partial charge in [-0.3, -0.25) is 0 Å². The summed E-state index contributed by atoms with van der Waals surface area (Å²) in [6, 6.07) is 0. The molecule has 0 aromatic rings. The summed E-state index contributed by atoms with van der Waals surface area (Å²) in [7, 11) is 0. The Hall–Kier alpha value is -0.650. The fourth-order valence-corrected chi connectivity index (χ4v) is 8.68. The van der Waals surface area contributed by atoms with Crippen molar-refractivity contribution in [1.29, 1.82) is 0 Å². The summed E-state index contributed by atoms with van der Waals surface area (Å²) in [6.07, 6.45) is 5.72. The van der Waals surface area contributed by atoms with E-state index in [0.717, 1.165) is 44.9 Å². The van der Waals surface area contributed by atoms with Crippen LogP contribution in [0.4, 0.5) is 0 Å². The lowest BCUT2D eigenvalue weighted by Crippen LogP contribution is -2.62. The third-order valence-electron chi connectivity index (χ3n) is 10.3. The Morgan fingerprint density at radius 2 is 1.79 bits per heavy atom. The van der Waals surface area contributed by atoms with Crippen LogP contribution in [0, 0.1) is 46.3 Å². The van der Waals surface area contributed by atoms with Crippen LogP contribution in [0.1, 0.15) is 78.6 Å². The van der Waals surface area contributed by atoms with E-state index in [1.54, 1.807) is 0 Å². The van der Waals surface area contributed by atoms with Crippen LogP contribution in [0.25, 0.3) is 0 Å². The van der Waals surface area contributed by atoms with Crippen LogP contribution in [0.3, 0.4) is 0 Å². The summed E-state index contributed by atoms with van der Waals surface area (Å²) in [5.74, 6) is 0.635. The van der Waals surface area contributed by atoms with Crippen LogP contribution in [0.2, 0.25) is 0 Å². The van der Waals surface area contributed by atoms with Crippen LogP contribution in [0.5, 0.6) is 0 Å². The van der Waals surface area contributed by atoms with E-state index in [-0.39, 0.29) is 53.1 Å². The molecule has 0 amide bonds. The average molecular weight is 408 g/mol. The van der Waals surface area contributed by atoms with Crippen LogP contribution in [-0.4, -0.2) is 39.6 Å². The molecular weight excluding hydrogens is 368 g/mol. The second kappa shape index (κ2) is 7.49. The predicted octanol–water partition coefficient (Wildman–Crippen LogP) is 2.11. The molecule has 11 atom stereocenters. The van der Waals surface area contributed by atoms with E-state index in [4.69, 9.17) is 0 Å². The van der Waals surface area contributed by atoms with E-state index in [9.17, 15) is 25.2 Å². The van der Waals surface area contributed by atoms with Gasteiger partial charge >= 0.3 is 0 Å². The smallest absolute Gasteiger partial charge is 0.0602 e. The van der Waals surface area contributed by atoms with Crippen molar-refractivity contribution in [2.24, 2.45) is 46.3 Å². The zero-order valence-electron chi connectivity index (χ0n) is 18.2. The minimum Gasteiger partial charge on any atom is -0.550 e. The molecule has 4 rings (SSSR count). The minimum atomic E-state index is -0.998. The second-order valence-corrected chi connectivity index (χ2v) is 11.4. The molecule has 3 N–H and O–H groups in total. The van der Waals surface area contributed by atoms with Crippen molar-refractivity contribution < 1.29 is 25.2 Å². The second-order valence-electron chi connectivity index (χ2n) is 11.4. The quantitative estimate of drug-likeness (QED) is 0.663. The van der Waals surface area contributed by atoms with Gasteiger partial charge in [-0.2, -0.15) is 0 Å². The third kappa shape index (κ3) is 3.27. The van der Waals surface area contributed by atoms with Crippen molar-refractivity contribution >= 4 is 5.97 Å². The number of carboxylic acids is 1. The van der Waals surface area contributed by atoms with Crippen LogP contribution < -0.4 is 5.11 Å². The molecule has 29 heavy (non-hydrogen) atoms. The highest BCUT2D eigenvalue weighted by Gasteiger charge is 2.65. The Morgan fingerprint density at radius 3 is 2.48 bits per heavy atom. The maximum Gasteiger partial charge on any atom is 0.0602 e. The van der Waals surface area contributed by atoms with E-state index in [0.29, 0.717) is 18.3 Å². The van der Waals surface area contributed by atoms with Crippen molar-refractivity contribution in [3.8, 4) is 0 Å². The Morgan fingerprint density at radius 1 is 1.07 bits per heavy atom. The monoisotopic (exact) mass is 407 g/mol.